The number of nitrogens with zero attached hydrogens (tertiary/aromatic N) is 1. The highest BCUT2D eigenvalue weighted by atomic mass is 15.1. The third-order valence-corrected chi connectivity index (χ3v) is 5.71. The van der Waals surface area contributed by atoms with Gasteiger partial charge >= 0.3 is 0 Å². The van der Waals surface area contributed by atoms with E-state index < -0.39 is 0 Å². The van der Waals surface area contributed by atoms with Crippen LogP contribution in [-0.2, 0) is 0 Å². The molecule has 1 heterocycles. The highest BCUT2D eigenvalue weighted by Crippen LogP contribution is 2.40. The van der Waals surface area contributed by atoms with Crippen LogP contribution in [0.1, 0.15) is 59.8 Å². The van der Waals surface area contributed by atoms with Gasteiger partial charge < -0.3 is 10.6 Å². The molecule has 2 N–H and O–H groups in total. The second-order valence-corrected chi connectivity index (χ2v) is 8.12. The number of likely N-dealkylation sites (tertiary alicyclic amines) is 1. The van der Waals surface area contributed by atoms with Crippen LogP contribution in [0.15, 0.2) is 0 Å². The van der Waals surface area contributed by atoms with Crippen molar-refractivity contribution >= 4 is 0 Å². The molecule has 1 saturated heterocycles. The number of nitrogens with two attached hydrogens (primary N) is 1. The van der Waals surface area contributed by atoms with E-state index in [9.17, 15) is 0 Å². The van der Waals surface area contributed by atoms with Crippen LogP contribution < -0.4 is 5.73 Å². The molecule has 1 saturated carbocycles. The van der Waals surface area contributed by atoms with Gasteiger partial charge in [-0.3, -0.25) is 0 Å². The maximum Gasteiger partial charge on any atom is 0.00795 e. The molecule has 4 unspecified atom stereocenters. The molecule has 0 amide bonds. The summed E-state index contributed by atoms with van der Waals surface area (Å²) in [6, 6.07) is 0.444. The van der Waals surface area contributed by atoms with E-state index in [2.05, 4.69) is 32.6 Å². The Morgan fingerprint density at radius 2 is 1.89 bits per heavy atom. The molecular weight excluding hydrogens is 232 g/mol. The Morgan fingerprint density at radius 1 is 1.16 bits per heavy atom. The Balaban J connectivity index is 1.87. The van der Waals surface area contributed by atoms with Gasteiger partial charge in [0.25, 0.3) is 0 Å². The molecule has 0 aromatic rings. The first-order valence-corrected chi connectivity index (χ1v) is 8.38. The van der Waals surface area contributed by atoms with Crippen molar-refractivity contribution in [2.75, 3.05) is 19.6 Å². The molecular formula is C17H34N2. The molecule has 1 aliphatic heterocycles. The maximum atomic E-state index is 6.40. The van der Waals surface area contributed by atoms with E-state index in [1.54, 1.807) is 0 Å². The molecule has 0 radical (unpaired) electrons. The van der Waals surface area contributed by atoms with Crippen LogP contribution in [0.3, 0.4) is 0 Å². The summed E-state index contributed by atoms with van der Waals surface area (Å²) in [5, 5.41) is 0. The first-order chi connectivity index (χ1) is 8.90. The topological polar surface area (TPSA) is 29.3 Å². The minimum absolute atomic E-state index is 0.444. The molecule has 19 heavy (non-hydrogen) atoms. The average Bonchev–Trinajstić information content (AvgIpc) is 2.78. The van der Waals surface area contributed by atoms with Gasteiger partial charge in [-0.15, -0.1) is 0 Å². The second kappa shape index (κ2) is 6.13. The van der Waals surface area contributed by atoms with Gasteiger partial charge in [0.15, 0.2) is 0 Å². The van der Waals surface area contributed by atoms with Gasteiger partial charge in [-0.2, -0.15) is 0 Å². The fourth-order valence-electron chi connectivity index (χ4n) is 4.03. The van der Waals surface area contributed by atoms with Crippen LogP contribution in [0.5, 0.6) is 0 Å². The molecule has 2 fully saturated rings. The van der Waals surface area contributed by atoms with Crippen molar-refractivity contribution in [3.05, 3.63) is 0 Å². The lowest BCUT2D eigenvalue weighted by Gasteiger charge is -2.42. The number of hydrogen-bond donors (Lipinski definition) is 1. The SMILES string of the molecule is CCC1CCN(CC2CC(C(C)(C)C)CCC2N)C1. The van der Waals surface area contributed by atoms with Crippen LogP contribution in [0.2, 0.25) is 0 Å². The molecule has 2 aliphatic rings. The maximum absolute atomic E-state index is 6.40. The van der Waals surface area contributed by atoms with Crippen LogP contribution in [0, 0.1) is 23.2 Å². The van der Waals surface area contributed by atoms with E-state index in [1.807, 2.05) is 0 Å². The molecule has 112 valence electrons. The quantitative estimate of drug-likeness (QED) is 0.847. The zero-order valence-electron chi connectivity index (χ0n) is 13.5. The molecule has 0 aromatic heterocycles. The fraction of sp³-hybridized carbons (Fsp3) is 1.00. The summed E-state index contributed by atoms with van der Waals surface area (Å²) < 4.78 is 0. The van der Waals surface area contributed by atoms with Gasteiger partial charge in [0, 0.05) is 19.1 Å². The Morgan fingerprint density at radius 3 is 2.47 bits per heavy atom. The van der Waals surface area contributed by atoms with Crippen molar-refractivity contribution in [1.29, 1.82) is 0 Å². The summed E-state index contributed by atoms with van der Waals surface area (Å²) in [4.78, 5) is 2.68. The molecule has 2 rings (SSSR count). The van der Waals surface area contributed by atoms with Crippen molar-refractivity contribution in [3.8, 4) is 0 Å². The van der Waals surface area contributed by atoms with Crippen LogP contribution in [0.4, 0.5) is 0 Å². The summed E-state index contributed by atoms with van der Waals surface area (Å²) in [7, 11) is 0. The van der Waals surface area contributed by atoms with E-state index in [0.29, 0.717) is 11.5 Å². The number of hydrogen-bond acceptors (Lipinski definition) is 2. The fourth-order valence-corrected chi connectivity index (χ4v) is 4.03. The van der Waals surface area contributed by atoms with Gasteiger partial charge in [0.2, 0.25) is 0 Å². The molecule has 0 spiro atoms. The molecule has 2 heteroatoms. The third kappa shape index (κ3) is 3.95. The summed E-state index contributed by atoms with van der Waals surface area (Å²) >= 11 is 0. The van der Waals surface area contributed by atoms with Crippen molar-refractivity contribution in [3.63, 3.8) is 0 Å². The summed E-state index contributed by atoms with van der Waals surface area (Å²) in [6.07, 6.45) is 6.66. The van der Waals surface area contributed by atoms with Crippen LogP contribution in [-0.4, -0.2) is 30.6 Å². The Kier molecular flexibility index (Phi) is 4.94. The zero-order valence-corrected chi connectivity index (χ0v) is 13.5. The lowest BCUT2D eigenvalue weighted by Crippen LogP contribution is -2.44. The predicted molar refractivity (Wildman–Crippen MR) is 83.1 cm³/mol. The standard InChI is InChI=1S/C17H34N2/c1-5-13-8-9-19(11-13)12-14-10-15(17(2,3)4)6-7-16(14)18/h13-16H,5-12,18H2,1-4H3. The van der Waals surface area contributed by atoms with Crippen LogP contribution in [0.25, 0.3) is 0 Å². The van der Waals surface area contributed by atoms with Gasteiger partial charge in [0.05, 0.1) is 0 Å². The first-order valence-electron chi connectivity index (χ1n) is 8.38. The van der Waals surface area contributed by atoms with Crippen molar-refractivity contribution in [2.24, 2.45) is 28.9 Å². The second-order valence-electron chi connectivity index (χ2n) is 8.12. The normalized spacial score (nSPS) is 37.7. The highest BCUT2D eigenvalue weighted by Gasteiger charge is 2.35. The summed E-state index contributed by atoms with van der Waals surface area (Å²) in [5.74, 6) is 2.54. The van der Waals surface area contributed by atoms with Gasteiger partial charge in [-0.25, -0.2) is 0 Å². The van der Waals surface area contributed by atoms with Gasteiger partial charge in [-0.1, -0.05) is 34.1 Å². The smallest absolute Gasteiger partial charge is 0.00795 e. The van der Waals surface area contributed by atoms with E-state index in [-0.39, 0.29) is 0 Å². The minimum Gasteiger partial charge on any atom is -0.327 e. The van der Waals surface area contributed by atoms with E-state index in [1.165, 1.54) is 51.7 Å². The van der Waals surface area contributed by atoms with Gasteiger partial charge in [0.1, 0.15) is 0 Å². The molecule has 4 atom stereocenters. The molecule has 0 aromatic carbocycles. The molecule has 1 aliphatic carbocycles. The zero-order chi connectivity index (χ0) is 14.0. The molecule has 0 bridgehead atoms. The van der Waals surface area contributed by atoms with Gasteiger partial charge in [-0.05, 0) is 55.4 Å². The predicted octanol–water partition coefficient (Wildman–Crippen LogP) is 3.51. The van der Waals surface area contributed by atoms with Crippen molar-refractivity contribution in [2.45, 2.75) is 65.8 Å². The number of rotatable bonds is 3. The summed E-state index contributed by atoms with van der Waals surface area (Å²) in [6.45, 7) is 13.4. The third-order valence-electron chi connectivity index (χ3n) is 5.71. The largest absolute Gasteiger partial charge is 0.327 e. The Labute approximate surface area is 120 Å². The Bertz CT molecular complexity index is 281. The summed E-state index contributed by atoms with van der Waals surface area (Å²) in [5.41, 5.74) is 6.86. The first kappa shape index (κ1) is 15.3. The van der Waals surface area contributed by atoms with Crippen molar-refractivity contribution in [1.82, 2.24) is 4.90 Å². The highest BCUT2D eigenvalue weighted by molar-refractivity contribution is 4.89. The lowest BCUT2D eigenvalue weighted by molar-refractivity contribution is 0.104. The Hall–Kier alpha value is -0.0800. The van der Waals surface area contributed by atoms with Crippen LogP contribution >= 0.6 is 0 Å². The molecule has 2 nitrogen and oxygen atoms in total. The van der Waals surface area contributed by atoms with E-state index in [4.69, 9.17) is 5.73 Å². The lowest BCUT2D eigenvalue weighted by atomic mass is 9.67. The monoisotopic (exact) mass is 266 g/mol. The van der Waals surface area contributed by atoms with E-state index >= 15 is 0 Å². The van der Waals surface area contributed by atoms with E-state index in [0.717, 1.165) is 17.8 Å². The average molecular weight is 266 g/mol. The minimum atomic E-state index is 0.444. The van der Waals surface area contributed by atoms with Crippen molar-refractivity contribution < 1.29 is 0 Å².